The van der Waals surface area contributed by atoms with Gasteiger partial charge in [-0.2, -0.15) is 5.10 Å². The van der Waals surface area contributed by atoms with Crippen LogP contribution < -0.4 is 21.0 Å². The summed E-state index contributed by atoms with van der Waals surface area (Å²) < 4.78 is 0. The molecule has 0 saturated carbocycles. The van der Waals surface area contributed by atoms with E-state index in [1.165, 1.54) is 4.90 Å². The maximum absolute atomic E-state index is 12.8. The van der Waals surface area contributed by atoms with Crippen LogP contribution >= 0.6 is 12.2 Å². The van der Waals surface area contributed by atoms with Crippen LogP contribution in [0.5, 0.6) is 0 Å². The molecule has 28 heavy (non-hydrogen) atoms. The van der Waals surface area contributed by atoms with Crippen molar-refractivity contribution in [3.05, 3.63) is 60.2 Å². The van der Waals surface area contributed by atoms with E-state index in [0.717, 1.165) is 11.8 Å². The number of anilines is 2. The van der Waals surface area contributed by atoms with E-state index in [1.54, 1.807) is 36.4 Å². The Morgan fingerprint density at radius 3 is 2.50 bits per heavy atom. The average Bonchev–Trinajstić information content (AvgIpc) is 2.66. The molecule has 0 spiro atoms. The minimum Gasteiger partial charge on any atom is -0.307 e. The molecule has 1 aliphatic rings. The highest BCUT2D eigenvalue weighted by Crippen LogP contribution is 2.20. The van der Waals surface area contributed by atoms with Gasteiger partial charge in [-0.15, -0.1) is 0 Å². The van der Waals surface area contributed by atoms with Crippen LogP contribution in [0.15, 0.2) is 59.7 Å². The van der Waals surface area contributed by atoms with Crippen LogP contribution in [-0.2, 0) is 9.59 Å². The maximum atomic E-state index is 12.8. The van der Waals surface area contributed by atoms with Crippen molar-refractivity contribution in [1.82, 2.24) is 10.7 Å². The quantitative estimate of drug-likeness (QED) is 0.319. The van der Waals surface area contributed by atoms with Gasteiger partial charge in [0.15, 0.2) is 11.0 Å². The number of rotatable bonds is 4. The Kier molecular flexibility index (Phi) is 5.75. The van der Waals surface area contributed by atoms with Crippen molar-refractivity contribution >= 4 is 52.8 Å². The SMILES string of the molecule is Cc1ccc(N2C(=O)[C@@H](/C=N\NC(=O)Nc3ccccc3)C(=O)NC2=S)cc1. The summed E-state index contributed by atoms with van der Waals surface area (Å²) in [5.41, 5.74) is 4.37. The van der Waals surface area contributed by atoms with Gasteiger partial charge in [0, 0.05) is 11.9 Å². The smallest absolute Gasteiger partial charge is 0.307 e. The highest BCUT2D eigenvalue weighted by Gasteiger charge is 2.38. The van der Waals surface area contributed by atoms with E-state index in [2.05, 4.69) is 21.2 Å². The summed E-state index contributed by atoms with van der Waals surface area (Å²) in [5.74, 6) is -2.37. The van der Waals surface area contributed by atoms with Crippen LogP contribution in [0.25, 0.3) is 0 Å². The van der Waals surface area contributed by atoms with Gasteiger partial charge in [-0.1, -0.05) is 35.9 Å². The minimum absolute atomic E-state index is 0.00159. The van der Waals surface area contributed by atoms with E-state index in [9.17, 15) is 14.4 Å². The number of carbonyl (C=O) groups excluding carboxylic acids is 3. The van der Waals surface area contributed by atoms with E-state index < -0.39 is 23.8 Å². The molecule has 1 aliphatic heterocycles. The molecule has 2 aromatic rings. The Morgan fingerprint density at radius 2 is 1.82 bits per heavy atom. The molecular formula is C19H17N5O3S. The first-order valence-corrected chi connectivity index (χ1v) is 8.77. The molecule has 1 fully saturated rings. The Morgan fingerprint density at radius 1 is 1.14 bits per heavy atom. The number of amides is 4. The Balaban J connectivity index is 1.68. The highest BCUT2D eigenvalue weighted by molar-refractivity contribution is 7.80. The molecule has 8 nitrogen and oxygen atoms in total. The molecule has 3 N–H and O–H groups in total. The first-order valence-electron chi connectivity index (χ1n) is 8.36. The first-order chi connectivity index (χ1) is 13.5. The van der Waals surface area contributed by atoms with Crippen molar-refractivity contribution in [2.75, 3.05) is 10.2 Å². The van der Waals surface area contributed by atoms with Crippen LogP contribution in [0, 0.1) is 12.8 Å². The van der Waals surface area contributed by atoms with Gasteiger partial charge in [0.2, 0.25) is 5.91 Å². The lowest BCUT2D eigenvalue weighted by molar-refractivity contribution is -0.130. The molecule has 9 heteroatoms. The first kappa shape index (κ1) is 19.2. The van der Waals surface area contributed by atoms with Crippen molar-refractivity contribution in [1.29, 1.82) is 0 Å². The molecule has 0 bridgehead atoms. The minimum atomic E-state index is -1.22. The maximum Gasteiger partial charge on any atom is 0.339 e. The molecule has 3 rings (SSSR count). The Bertz CT molecular complexity index is 944. The lowest BCUT2D eigenvalue weighted by Crippen LogP contribution is -2.58. The molecule has 142 valence electrons. The summed E-state index contributed by atoms with van der Waals surface area (Å²) >= 11 is 5.12. The number of thiocarbonyl (C=S) groups is 1. The predicted octanol–water partition coefficient (Wildman–Crippen LogP) is 2.17. The molecule has 0 aromatic heterocycles. The summed E-state index contributed by atoms with van der Waals surface area (Å²) in [7, 11) is 0. The van der Waals surface area contributed by atoms with E-state index >= 15 is 0 Å². The topological polar surface area (TPSA) is 103 Å². The fourth-order valence-electron chi connectivity index (χ4n) is 2.51. The van der Waals surface area contributed by atoms with Crippen molar-refractivity contribution < 1.29 is 14.4 Å². The van der Waals surface area contributed by atoms with Gasteiger partial charge in [0.25, 0.3) is 5.91 Å². The number of benzene rings is 2. The van der Waals surface area contributed by atoms with Crippen LogP contribution in [0.3, 0.4) is 0 Å². The second-order valence-corrected chi connectivity index (χ2v) is 6.38. The lowest BCUT2D eigenvalue weighted by atomic mass is 10.1. The molecule has 1 atom stereocenters. The number of aryl methyl sites for hydroxylation is 1. The van der Waals surface area contributed by atoms with Gasteiger partial charge >= 0.3 is 6.03 Å². The van der Waals surface area contributed by atoms with Crippen LogP contribution in [0.2, 0.25) is 0 Å². The summed E-state index contributed by atoms with van der Waals surface area (Å²) in [4.78, 5) is 38.0. The second kappa shape index (κ2) is 8.40. The predicted molar refractivity (Wildman–Crippen MR) is 110 cm³/mol. The number of para-hydroxylation sites is 1. The van der Waals surface area contributed by atoms with Gasteiger partial charge in [-0.3, -0.25) is 14.5 Å². The highest BCUT2D eigenvalue weighted by atomic mass is 32.1. The molecule has 4 amide bonds. The van der Waals surface area contributed by atoms with Crippen LogP contribution in [0.4, 0.5) is 16.2 Å². The zero-order valence-corrected chi connectivity index (χ0v) is 15.7. The van der Waals surface area contributed by atoms with E-state index in [-0.39, 0.29) is 5.11 Å². The zero-order valence-electron chi connectivity index (χ0n) is 14.9. The summed E-state index contributed by atoms with van der Waals surface area (Å²) in [6, 6.07) is 15.3. The van der Waals surface area contributed by atoms with Gasteiger partial charge < -0.3 is 10.6 Å². The molecule has 0 aliphatic carbocycles. The van der Waals surface area contributed by atoms with E-state index in [1.807, 2.05) is 25.1 Å². The van der Waals surface area contributed by atoms with Gasteiger partial charge in [-0.05, 0) is 43.4 Å². The van der Waals surface area contributed by atoms with Gasteiger partial charge in [0.05, 0.1) is 5.69 Å². The second-order valence-electron chi connectivity index (χ2n) is 5.99. The van der Waals surface area contributed by atoms with Crippen molar-refractivity contribution in [2.45, 2.75) is 6.92 Å². The fourth-order valence-corrected chi connectivity index (χ4v) is 2.81. The Hall–Kier alpha value is -3.59. The summed E-state index contributed by atoms with van der Waals surface area (Å²) in [5, 5.41) is 8.77. The molecule has 0 radical (unpaired) electrons. The number of urea groups is 1. The van der Waals surface area contributed by atoms with Crippen molar-refractivity contribution in [2.24, 2.45) is 11.0 Å². The molecular weight excluding hydrogens is 378 g/mol. The number of nitrogens with zero attached hydrogens (tertiary/aromatic N) is 2. The van der Waals surface area contributed by atoms with E-state index in [0.29, 0.717) is 11.4 Å². The van der Waals surface area contributed by atoms with Crippen molar-refractivity contribution in [3.63, 3.8) is 0 Å². The number of hydrazone groups is 1. The van der Waals surface area contributed by atoms with E-state index in [4.69, 9.17) is 12.2 Å². The molecule has 1 heterocycles. The zero-order chi connectivity index (χ0) is 20.1. The summed E-state index contributed by atoms with van der Waals surface area (Å²) in [6.45, 7) is 1.92. The number of carbonyl (C=O) groups is 3. The average molecular weight is 395 g/mol. The Labute approximate surface area is 166 Å². The van der Waals surface area contributed by atoms with Gasteiger partial charge in [0.1, 0.15) is 0 Å². The number of hydrogen-bond acceptors (Lipinski definition) is 5. The number of hydrogen-bond donors (Lipinski definition) is 3. The van der Waals surface area contributed by atoms with Crippen molar-refractivity contribution in [3.8, 4) is 0 Å². The summed E-state index contributed by atoms with van der Waals surface area (Å²) in [6.07, 6.45) is 1.07. The third-order valence-corrected chi connectivity index (χ3v) is 4.20. The molecule has 2 aromatic carbocycles. The lowest BCUT2D eigenvalue weighted by Gasteiger charge is -2.30. The third kappa shape index (κ3) is 4.38. The normalized spacial score (nSPS) is 16.8. The third-order valence-electron chi connectivity index (χ3n) is 3.92. The van der Waals surface area contributed by atoms with Gasteiger partial charge in [-0.25, -0.2) is 10.2 Å². The molecule has 0 unspecified atom stereocenters. The monoisotopic (exact) mass is 395 g/mol. The standard InChI is InChI=1S/C19H17N5O3S/c1-12-7-9-14(10-8-12)24-17(26)15(16(25)22-19(24)28)11-20-23-18(27)21-13-5-3-2-4-6-13/h2-11,15H,1H3,(H2,21,23,27)(H,22,25,28)/b20-11-/t15-/m0/s1. The number of nitrogens with one attached hydrogen (secondary N) is 3. The van der Waals surface area contributed by atoms with Crippen LogP contribution in [0.1, 0.15) is 5.56 Å². The fraction of sp³-hybridized carbons (Fsp3) is 0.105. The largest absolute Gasteiger partial charge is 0.339 e. The van der Waals surface area contributed by atoms with Crippen LogP contribution in [-0.4, -0.2) is 29.2 Å². The molecule has 1 saturated heterocycles.